The zero-order valence-corrected chi connectivity index (χ0v) is 26.5. The Hall–Kier alpha value is -4.67. The smallest absolute Gasteiger partial charge is 0.235 e. The van der Waals surface area contributed by atoms with E-state index in [1.54, 1.807) is 27.0 Å². The third-order valence-corrected chi connectivity index (χ3v) is 10.3. The summed E-state index contributed by atoms with van der Waals surface area (Å²) in [7, 11) is 1.63. The van der Waals surface area contributed by atoms with Gasteiger partial charge in [-0.25, -0.2) is 0 Å². The zero-order valence-electron chi connectivity index (χ0n) is 26.5. The summed E-state index contributed by atoms with van der Waals surface area (Å²) in [4.78, 5) is 67.1. The Kier molecular flexibility index (Phi) is 8.36. The number of aromatic hydroxyl groups is 1. The van der Waals surface area contributed by atoms with Gasteiger partial charge >= 0.3 is 0 Å². The minimum atomic E-state index is -2.71. The second-order valence-corrected chi connectivity index (χ2v) is 13.3. The largest absolute Gasteiger partial charge is 0.507 e. The van der Waals surface area contributed by atoms with E-state index in [0.717, 1.165) is 28.0 Å². The first-order valence-corrected chi connectivity index (χ1v) is 15.8. The Morgan fingerprint density at radius 1 is 0.957 bits per heavy atom. The first-order valence-electron chi connectivity index (χ1n) is 15.8. The number of hydrogen-bond donors (Lipinski definition) is 4. The first kappa shape index (κ1) is 32.3. The van der Waals surface area contributed by atoms with E-state index in [1.165, 1.54) is 6.07 Å². The molecule has 0 saturated heterocycles. The Balaban J connectivity index is 1.28. The van der Waals surface area contributed by atoms with Gasteiger partial charge in [0, 0.05) is 24.9 Å². The van der Waals surface area contributed by atoms with E-state index in [-0.39, 0.29) is 24.2 Å². The molecule has 6 atom stereocenters. The highest BCUT2D eigenvalue weighted by Gasteiger charge is 2.69. The van der Waals surface area contributed by atoms with Gasteiger partial charge in [0.2, 0.25) is 5.91 Å². The summed E-state index contributed by atoms with van der Waals surface area (Å²) in [5, 5.41) is 26.1. The molecule has 0 radical (unpaired) electrons. The molecule has 0 aliphatic heterocycles. The SMILES string of the molecule is COc1ccc(CNCc2ccc(-c3ccc(O)c4c3C[C@H]3C[C@H]5[C@H](C(C)C)C(=O)C(C(N)=O)C(=O)[C@@]5(O)C(=O)C3C4=O)cc2)cc1. The molecule has 47 heavy (non-hydrogen) atoms. The summed E-state index contributed by atoms with van der Waals surface area (Å²) >= 11 is 0. The minimum absolute atomic E-state index is 0.0180. The number of amides is 1. The molecule has 3 aromatic carbocycles. The van der Waals surface area contributed by atoms with Gasteiger partial charge in [-0.05, 0) is 70.7 Å². The molecule has 2 unspecified atom stereocenters. The normalized spacial score (nSPS) is 26.9. The predicted octanol–water partition coefficient (Wildman–Crippen LogP) is 3.17. The maximum absolute atomic E-state index is 14.1. The number of methoxy groups -OCH3 is 1. The molecule has 3 aromatic rings. The lowest BCUT2D eigenvalue weighted by Crippen LogP contribution is -2.71. The van der Waals surface area contributed by atoms with Crippen LogP contribution < -0.4 is 15.8 Å². The standard InChI is InChI=1S/C37H38N2O8/c1-18(2)28-26-15-22-14-25-24(21-8-4-19(5-9-21)16-39-17-20-6-10-23(47-3)11-7-20)12-13-27(40)30(25)33(42)29(22)34(43)37(26,46)35(44)31(32(28)41)36(38)45/h4-13,18,22,26,28-29,31,39-40,46H,14-17H2,1-3H3,(H2,38,45)/t22-,26-,28-,29?,31?,37-/m0/s1. The Labute approximate surface area is 272 Å². The highest BCUT2D eigenvalue weighted by Crippen LogP contribution is 2.53. The van der Waals surface area contributed by atoms with Crippen LogP contribution in [0.15, 0.2) is 60.7 Å². The molecule has 244 valence electrons. The van der Waals surface area contributed by atoms with Crippen LogP contribution in [0.25, 0.3) is 11.1 Å². The molecular weight excluding hydrogens is 600 g/mol. The molecule has 6 rings (SSSR count). The van der Waals surface area contributed by atoms with Gasteiger partial charge in [-0.15, -0.1) is 0 Å². The number of benzene rings is 3. The maximum Gasteiger partial charge on any atom is 0.235 e. The number of primary amides is 1. The summed E-state index contributed by atoms with van der Waals surface area (Å²) in [6, 6.07) is 18.8. The van der Waals surface area contributed by atoms with Crippen molar-refractivity contribution in [2.75, 3.05) is 7.11 Å². The number of fused-ring (bicyclic) bond motifs is 3. The van der Waals surface area contributed by atoms with E-state index >= 15 is 0 Å². The van der Waals surface area contributed by atoms with E-state index in [1.807, 2.05) is 48.5 Å². The van der Waals surface area contributed by atoms with E-state index in [9.17, 15) is 34.2 Å². The van der Waals surface area contributed by atoms with Crippen molar-refractivity contribution in [2.24, 2.45) is 41.2 Å². The molecule has 1 amide bonds. The third kappa shape index (κ3) is 5.25. The van der Waals surface area contributed by atoms with Crippen LogP contribution in [0.3, 0.4) is 0 Å². The fraction of sp³-hybridized carbons (Fsp3) is 0.378. The number of carbonyl (C=O) groups is 5. The Morgan fingerprint density at radius 3 is 2.15 bits per heavy atom. The van der Waals surface area contributed by atoms with Crippen LogP contribution in [-0.4, -0.2) is 52.0 Å². The van der Waals surface area contributed by atoms with Crippen molar-refractivity contribution in [1.82, 2.24) is 5.32 Å². The van der Waals surface area contributed by atoms with Crippen LogP contribution in [-0.2, 0) is 38.7 Å². The zero-order chi connectivity index (χ0) is 33.8. The molecule has 0 bridgehead atoms. The molecule has 0 aromatic heterocycles. The van der Waals surface area contributed by atoms with Gasteiger partial charge in [-0.3, -0.25) is 24.0 Å². The Bertz CT molecular complexity index is 1780. The topological polar surface area (TPSA) is 173 Å². The van der Waals surface area contributed by atoms with Crippen LogP contribution in [0.5, 0.6) is 11.5 Å². The van der Waals surface area contributed by atoms with Gasteiger partial charge in [-0.1, -0.05) is 56.3 Å². The highest BCUT2D eigenvalue weighted by atomic mass is 16.5. The number of phenols is 1. The molecule has 5 N–H and O–H groups in total. The number of carbonyl (C=O) groups excluding carboxylic acids is 5. The molecule has 2 saturated carbocycles. The molecule has 3 aliphatic carbocycles. The number of hydrogen-bond acceptors (Lipinski definition) is 9. The van der Waals surface area contributed by atoms with Crippen LogP contribution in [0.1, 0.15) is 47.3 Å². The van der Waals surface area contributed by atoms with Gasteiger partial charge in [-0.2, -0.15) is 0 Å². The third-order valence-electron chi connectivity index (χ3n) is 10.3. The molecular formula is C37H38N2O8. The van der Waals surface area contributed by atoms with Crippen molar-refractivity contribution in [3.63, 3.8) is 0 Å². The second kappa shape index (κ2) is 12.2. The maximum atomic E-state index is 14.1. The van der Waals surface area contributed by atoms with Crippen molar-refractivity contribution in [3.05, 3.63) is 82.9 Å². The lowest BCUT2D eigenvalue weighted by Gasteiger charge is -2.52. The van der Waals surface area contributed by atoms with Crippen LogP contribution in [0.2, 0.25) is 0 Å². The van der Waals surface area contributed by atoms with Crippen molar-refractivity contribution in [1.29, 1.82) is 0 Å². The summed E-state index contributed by atoms with van der Waals surface area (Å²) in [6.45, 7) is 4.75. The van der Waals surface area contributed by atoms with Crippen molar-refractivity contribution in [3.8, 4) is 22.6 Å². The number of rotatable bonds is 8. The van der Waals surface area contributed by atoms with Gasteiger partial charge in [0.25, 0.3) is 0 Å². The lowest BCUT2D eigenvalue weighted by atomic mass is 9.49. The number of Topliss-reactive ketones (excluding diaryl/α,β-unsaturated/α-hetero) is 4. The molecule has 0 heterocycles. The predicted molar refractivity (Wildman–Crippen MR) is 171 cm³/mol. The van der Waals surface area contributed by atoms with Crippen LogP contribution >= 0.6 is 0 Å². The van der Waals surface area contributed by atoms with E-state index in [4.69, 9.17) is 10.5 Å². The van der Waals surface area contributed by atoms with Crippen molar-refractivity contribution >= 4 is 29.0 Å². The summed E-state index contributed by atoms with van der Waals surface area (Å²) in [5.41, 5.74) is 6.96. The number of ketones is 4. The van der Waals surface area contributed by atoms with E-state index < -0.39 is 70.1 Å². The van der Waals surface area contributed by atoms with Crippen molar-refractivity contribution in [2.45, 2.75) is 45.4 Å². The van der Waals surface area contributed by atoms with Gasteiger partial charge < -0.3 is 26.0 Å². The summed E-state index contributed by atoms with van der Waals surface area (Å²) in [5.74, 6) is -10.9. The average Bonchev–Trinajstić information content (AvgIpc) is 3.03. The monoisotopic (exact) mass is 638 g/mol. The fourth-order valence-electron chi connectivity index (χ4n) is 8.02. The highest BCUT2D eigenvalue weighted by molar-refractivity contribution is 6.32. The summed E-state index contributed by atoms with van der Waals surface area (Å²) < 4.78 is 5.21. The molecule has 0 spiro atoms. The lowest BCUT2D eigenvalue weighted by molar-refractivity contribution is -0.182. The van der Waals surface area contributed by atoms with Crippen molar-refractivity contribution < 1.29 is 38.9 Å². The molecule has 10 heteroatoms. The first-order chi connectivity index (χ1) is 22.4. The summed E-state index contributed by atoms with van der Waals surface area (Å²) in [6.07, 6.45) is 0.253. The number of ether oxygens (including phenoxy) is 1. The Morgan fingerprint density at radius 2 is 1.57 bits per heavy atom. The van der Waals surface area contributed by atoms with Crippen LogP contribution in [0, 0.1) is 35.5 Å². The second-order valence-electron chi connectivity index (χ2n) is 13.3. The molecule has 2 fully saturated rings. The minimum Gasteiger partial charge on any atom is -0.507 e. The number of nitrogens with two attached hydrogens (primary N) is 1. The number of phenolic OH excluding ortho intramolecular Hbond substituents is 1. The average molecular weight is 639 g/mol. The number of aliphatic hydroxyl groups is 1. The van der Waals surface area contributed by atoms with Gasteiger partial charge in [0.15, 0.2) is 34.7 Å². The number of nitrogens with one attached hydrogen (secondary N) is 1. The van der Waals surface area contributed by atoms with Crippen LogP contribution in [0.4, 0.5) is 0 Å². The molecule has 3 aliphatic rings. The van der Waals surface area contributed by atoms with E-state index in [2.05, 4.69) is 5.32 Å². The fourth-order valence-corrected chi connectivity index (χ4v) is 8.02. The molecule has 10 nitrogen and oxygen atoms in total. The quantitative estimate of drug-likeness (QED) is 0.270. The van der Waals surface area contributed by atoms with Gasteiger partial charge in [0.05, 0.1) is 18.6 Å². The van der Waals surface area contributed by atoms with Gasteiger partial charge in [0.1, 0.15) is 11.5 Å². The van der Waals surface area contributed by atoms with E-state index in [0.29, 0.717) is 18.7 Å².